The van der Waals surface area contributed by atoms with Crippen molar-refractivity contribution in [3.8, 4) is 0 Å². The Balaban J connectivity index is 1.65. The highest BCUT2D eigenvalue weighted by Crippen LogP contribution is 2.25. The summed E-state index contributed by atoms with van der Waals surface area (Å²) in [4.78, 5) is 14.3. The average molecular weight is 262 g/mol. The fraction of sp³-hybridized carbons (Fsp3) is 0.667. The summed E-state index contributed by atoms with van der Waals surface area (Å²) >= 11 is 0. The number of likely N-dealkylation sites (tertiary alicyclic amines) is 1. The van der Waals surface area contributed by atoms with E-state index in [1.54, 1.807) is 6.07 Å². The van der Waals surface area contributed by atoms with Crippen LogP contribution in [0.2, 0.25) is 0 Å². The van der Waals surface area contributed by atoms with Crippen LogP contribution < -0.4 is 5.32 Å². The third kappa shape index (κ3) is 2.68. The Morgan fingerprint density at radius 2 is 2.26 bits per heavy atom. The summed E-state index contributed by atoms with van der Waals surface area (Å²) in [5.41, 5.74) is 0. The van der Waals surface area contributed by atoms with Gasteiger partial charge in [-0.3, -0.25) is 4.79 Å². The van der Waals surface area contributed by atoms with E-state index >= 15 is 0 Å². The monoisotopic (exact) mass is 262 g/mol. The third-order valence-electron chi connectivity index (χ3n) is 4.36. The van der Waals surface area contributed by atoms with Gasteiger partial charge in [-0.15, -0.1) is 0 Å². The second-order valence-corrected chi connectivity index (χ2v) is 5.77. The third-order valence-corrected chi connectivity index (χ3v) is 4.36. The molecule has 0 radical (unpaired) electrons. The predicted octanol–water partition coefficient (Wildman–Crippen LogP) is 2.19. The number of amides is 1. The maximum Gasteiger partial charge on any atom is 0.289 e. The van der Waals surface area contributed by atoms with Crippen molar-refractivity contribution in [1.29, 1.82) is 0 Å². The molecule has 0 spiro atoms. The molecule has 2 atom stereocenters. The van der Waals surface area contributed by atoms with E-state index in [-0.39, 0.29) is 5.91 Å². The van der Waals surface area contributed by atoms with Crippen molar-refractivity contribution in [2.45, 2.75) is 38.6 Å². The summed E-state index contributed by atoms with van der Waals surface area (Å²) in [7, 11) is 0. The van der Waals surface area contributed by atoms with Crippen LogP contribution in [0.3, 0.4) is 0 Å². The second kappa shape index (κ2) is 5.37. The van der Waals surface area contributed by atoms with Crippen molar-refractivity contribution in [1.82, 2.24) is 10.2 Å². The fourth-order valence-corrected chi connectivity index (χ4v) is 3.34. The van der Waals surface area contributed by atoms with Crippen LogP contribution in [0, 0.1) is 12.8 Å². The van der Waals surface area contributed by atoms with Gasteiger partial charge in [0.1, 0.15) is 5.76 Å². The van der Waals surface area contributed by atoms with Crippen LogP contribution >= 0.6 is 0 Å². The van der Waals surface area contributed by atoms with Gasteiger partial charge in [-0.2, -0.15) is 0 Å². The minimum absolute atomic E-state index is 0.0517. The normalized spacial score (nSPS) is 27.7. The summed E-state index contributed by atoms with van der Waals surface area (Å²) in [5, 5.41) is 3.57. The standard InChI is InChI=1S/C15H22N2O2/c1-11-6-7-14(19-11)15(18)17-9-3-4-12(10-17)13-5-2-8-16-13/h6-7,12-13,16H,2-5,8-10H2,1H3. The largest absolute Gasteiger partial charge is 0.456 e. The van der Waals surface area contributed by atoms with Crippen molar-refractivity contribution in [3.63, 3.8) is 0 Å². The molecular formula is C15H22N2O2. The molecule has 3 heterocycles. The number of nitrogens with one attached hydrogen (secondary N) is 1. The molecule has 2 aliphatic rings. The molecule has 2 fully saturated rings. The van der Waals surface area contributed by atoms with Gasteiger partial charge in [0.25, 0.3) is 5.91 Å². The molecule has 2 saturated heterocycles. The number of rotatable bonds is 2. The molecule has 0 bridgehead atoms. The second-order valence-electron chi connectivity index (χ2n) is 5.77. The van der Waals surface area contributed by atoms with Gasteiger partial charge < -0.3 is 14.6 Å². The number of carbonyl (C=O) groups is 1. The van der Waals surface area contributed by atoms with Crippen molar-refractivity contribution in [2.75, 3.05) is 19.6 Å². The zero-order valence-electron chi connectivity index (χ0n) is 11.5. The maximum atomic E-state index is 12.4. The highest BCUT2D eigenvalue weighted by Gasteiger charge is 2.31. The van der Waals surface area contributed by atoms with Gasteiger partial charge in [0.05, 0.1) is 0 Å². The number of furan rings is 1. The smallest absolute Gasteiger partial charge is 0.289 e. The first-order valence-corrected chi connectivity index (χ1v) is 7.33. The quantitative estimate of drug-likeness (QED) is 0.888. The van der Waals surface area contributed by atoms with Gasteiger partial charge in [0.15, 0.2) is 5.76 Å². The van der Waals surface area contributed by atoms with Crippen LogP contribution in [0.1, 0.15) is 42.0 Å². The molecule has 2 aliphatic heterocycles. The predicted molar refractivity (Wildman–Crippen MR) is 73.1 cm³/mol. The summed E-state index contributed by atoms with van der Waals surface area (Å²) in [6, 6.07) is 4.25. The first-order chi connectivity index (χ1) is 9.24. The lowest BCUT2D eigenvalue weighted by molar-refractivity contribution is 0.0618. The fourth-order valence-electron chi connectivity index (χ4n) is 3.34. The van der Waals surface area contributed by atoms with Crippen LogP contribution in [0.15, 0.2) is 16.5 Å². The molecule has 0 aliphatic carbocycles. The van der Waals surface area contributed by atoms with E-state index in [4.69, 9.17) is 4.42 Å². The first-order valence-electron chi connectivity index (χ1n) is 7.33. The van der Waals surface area contributed by atoms with Gasteiger partial charge in [-0.1, -0.05) is 0 Å². The highest BCUT2D eigenvalue weighted by atomic mass is 16.3. The molecule has 1 amide bonds. The zero-order chi connectivity index (χ0) is 13.2. The Morgan fingerprint density at radius 1 is 1.37 bits per heavy atom. The zero-order valence-corrected chi connectivity index (χ0v) is 11.5. The SMILES string of the molecule is Cc1ccc(C(=O)N2CCCC(C3CCCN3)C2)o1. The van der Waals surface area contributed by atoms with E-state index in [0.717, 1.165) is 31.8 Å². The number of aryl methyl sites for hydroxylation is 1. The van der Waals surface area contributed by atoms with Crippen LogP contribution in [0.4, 0.5) is 0 Å². The van der Waals surface area contributed by atoms with Crippen LogP contribution in [-0.4, -0.2) is 36.5 Å². The topological polar surface area (TPSA) is 45.5 Å². The summed E-state index contributed by atoms with van der Waals surface area (Å²) < 4.78 is 5.45. The first kappa shape index (κ1) is 12.7. The number of hydrogen-bond acceptors (Lipinski definition) is 3. The Labute approximate surface area is 114 Å². The van der Waals surface area contributed by atoms with Crippen molar-refractivity contribution >= 4 is 5.91 Å². The average Bonchev–Trinajstić information content (AvgIpc) is 3.09. The Bertz CT molecular complexity index is 449. The van der Waals surface area contributed by atoms with Crippen molar-refractivity contribution in [2.24, 2.45) is 5.92 Å². The molecule has 4 heteroatoms. The Kier molecular flexibility index (Phi) is 3.60. The molecule has 19 heavy (non-hydrogen) atoms. The molecule has 3 rings (SSSR count). The van der Waals surface area contributed by atoms with Gasteiger partial charge in [0, 0.05) is 19.1 Å². The van der Waals surface area contributed by atoms with Gasteiger partial charge in [-0.05, 0) is 57.2 Å². The highest BCUT2D eigenvalue weighted by molar-refractivity contribution is 5.91. The molecule has 1 N–H and O–H groups in total. The van der Waals surface area contributed by atoms with Crippen LogP contribution in [-0.2, 0) is 0 Å². The van der Waals surface area contributed by atoms with E-state index in [1.165, 1.54) is 19.3 Å². The minimum Gasteiger partial charge on any atom is -0.456 e. The molecule has 0 saturated carbocycles. The molecule has 104 valence electrons. The lowest BCUT2D eigenvalue weighted by Gasteiger charge is -2.35. The summed E-state index contributed by atoms with van der Waals surface area (Å²) in [5.74, 6) is 1.94. The van der Waals surface area contributed by atoms with Crippen molar-refractivity contribution < 1.29 is 9.21 Å². The number of nitrogens with zero attached hydrogens (tertiary/aromatic N) is 1. The summed E-state index contributed by atoms with van der Waals surface area (Å²) in [6.45, 7) is 4.74. The van der Waals surface area contributed by atoms with Gasteiger partial charge in [-0.25, -0.2) is 0 Å². The molecule has 4 nitrogen and oxygen atoms in total. The van der Waals surface area contributed by atoms with Gasteiger partial charge >= 0.3 is 0 Å². The van der Waals surface area contributed by atoms with E-state index in [1.807, 2.05) is 17.9 Å². The van der Waals surface area contributed by atoms with E-state index in [9.17, 15) is 4.79 Å². The minimum atomic E-state index is 0.0517. The maximum absolute atomic E-state index is 12.4. The van der Waals surface area contributed by atoms with E-state index < -0.39 is 0 Å². The van der Waals surface area contributed by atoms with Crippen LogP contribution in [0.25, 0.3) is 0 Å². The summed E-state index contributed by atoms with van der Waals surface area (Å²) in [6.07, 6.45) is 4.87. The number of piperidine rings is 1. The molecule has 0 aromatic carbocycles. The molecule has 1 aromatic rings. The Hall–Kier alpha value is -1.29. The van der Waals surface area contributed by atoms with Crippen LogP contribution in [0.5, 0.6) is 0 Å². The molecule has 1 aromatic heterocycles. The van der Waals surface area contributed by atoms with Crippen molar-refractivity contribution in [3.05, 3.63) is 23.7 Å². The molecular weight excluding hydrogens is 240 g/mol. The number of carbonyl (C=O) groups excluding carboxylic acids is 1. The molecule has 2 unspecified atom stereocenters. The van der Waals surface area contributed by atoms with E-state index in [2.05, 4.69) is 5.32 Å². The number of hydrogen-bond donors (Lipinski definition) is 1. The van der Waals surface area contributed by atoms with Gasteiger partial charge in [0.2, 0.25) is 0 Å². The lowest BCUT2D eigenvalue weighted by Crippen LogP contribution is -2.45. The van der Waals surface area contributed by atoms with E-state index in [0.29, 0.717) is 17.7 Å². The lowest BCUT2D eigenvalue weighted by atomic mass is 9.89. The Morgan fingerprint density at radius 3 is 2.95 bits per heavy atom.